The summed E-state index contributed by atoms with van der Waals surface area (Å²) in [4.78, 5) is 5.20. The van der Waals surface area contributed by atoms with Gasteiger partial charge in [0.05, 0.1) is 0 Å². The second-order valence-corrected chi connectivity index (χ2v) is 5.42. The van der Waals surface area contributed by atoms with Gasteiger partial charge in [0.25, 0.3) is 0 Å². The van der Waals surface area contributed by atoms with Crippen LogP contribution in [0.15, 0.2) is 0 Å². The molecule has 3 heteroatoms. The van der Waals surface area contributed by atoms with E-state index < -0.39 is 0 Å². The summed E-state index contributed by atoms with van der Waals surface area (Å²) < 4.78 is 0. The number of piperazine rings is 1. The summed E-state index contributed by atoms with van der Waals surface area (Å²) in [7, 11) is 0. The van der Waals surface area contributed by atoms with E-state index in [4.69, 9.17) is 5.73 Å². The molecule has 0 amide bonds. The minimum atomic E-state index is 0.809. The van der Waals surface area contributed by atoms with Gasteiger partial charge in [-0.2, -0.15) is 0 Å². The topological polar surface area (TPSA) is 32.5 Å². The molecule has 16 heavy (non-hydrogen) atoms. The summed E-state index contributed by atoms with van der Waals surface area (Å²) in [6.45, 7) is 10.7. The molecule has 0 aromatic heterocycles. The van der Waals surface area contributed by atoms with E-state index in [0.717, 1.165) is 18.4 Å². The van der Waals surface area contributed by atoms with Crippen LogP contribution in [-0.2, 0) is 0 Å². The van der Waals surface area contributed by atoms with E-state index in [1.54, 1.807) is 0 Å². The van der Waals surface area contributed by atoms with E-state index in [-0.39, 0.29) is 0 Å². The zero-order valence-electron chi connectivity index (χ0n) is 10.7. The van der Waals surface area contributed by atoms with Gasteiger partial charge < -0.3 is 15.5 Å². The van der Waals surface area contributed by atoms with Gasteiger partial charge in [0, 0.05) is 32.7 Å². The molecule has 0 aromatic carbocycles. The predicted octanol–water partition coefficient (Wildman–Crippen LogP) is 0.999. The third-order valence-corrected chi connectivity index (χ3v) is 4.52. The predicted molar refractivity (Wildman–Crippen MR) is 68.4 cm³/mol. The van der Waals surface area contributed by atoms with Gasteiger partial charge in [-0.3, -0.25) is 0 Å². The average Bonchev–Trinajstić information content (AvgIpc) is 2.77. The molecule has 0 radical (unpaired) electrons. The van der Waals surface area contributed by atoms with Crippen LogP contribution in [0.3, 0.4) is 0 Å². The minimum Gasteiger partial charge on any atom is -0.330 e. The standard InChI is InChI=1S/C13H27N3/c1-2-15-6-8-16(9-7-15)11-13-5-3-4-12(13)10-14/h12-13H,2-11,14H2,1H3. The van der Waals surface area contributed by atoms with E-state index in [9.17, 15) is 0 Å². The molecule has 1 saturated heterocycles. The summed E-state index contributed by atoms with van der Waals surface area (Å²) in [5.74, 6) is 1.70. The van der Waals surface area contributed by atoms with Crippen LogP contribution in [0.4, 0.5) is 0 Å². The Labute approximate surface area is 100.0 Å². The van der Waals surface area contributed by atoms with Gasteiger partial charge in [-0.25, -0.2) is 0 Å². The first-order valence-corrected chi connectivity index (χ1v) is 6.98. The fourth-order valence-electron chi connectivity index (χ4n) is 3.28. The van der Waals surface area contributed by atoms with Crippen molar-refractivity contribution in [3.05, 3.63) is 0 Å². The van der Waals surface area contributed by atoms with Gasteiger partial charge in [-0.05, 0) is 37.8 Å². The highest BCUT2D eigenvalue weighted by molar-refractivity contribution is 4.82. The molecule has 2 rings (SSSR count). The molecule has 94 valence electrons. The molecular weight excluding hydrogens is 198 g/mol. The molecule has 2 aliphatic rings. The summed E-state index contributed by atoms with van der Waals surface area (Å²) in [5.41, 5.74) is 5.85. The maximum absolute atomic E-state index is 5.85. The fraction of sp³-hybridized carbons (Fsp3) is 1.00. The lowest BCUT2D eigenvalue weighted by Crippen LogP contribution is -2.48. The summed E-state index contributed by atoms with van der Waals surface area (Å²) in [5, 5.41) is 0. The highest BCUT2D eigenvalue weighted by atomic mass is 15.3. The molecule has 1 heterocycles. The Balaban J connectivity index is 1.73. The molecule has 0 spiro atoms. The van der Waals surface area contributed by atoms with E-state index in [1.807, 2.05) is 0 Å². The van der Waals surface area contributed by atoms with Crippen LogP contribution < -0.4 is 5.73 Å². The molecule has 3 nitrogen and oxygen atoms in total. The van der Waals surface area contributed by atoms with Crippen LogP contribution in [0.25, 0.3) is 0 Å². The van der Waals surface area contributed by atoms with E-state index in [0.29, 0.717) is 0 Å². The average molecular weight is 225 g/mol. The Morgan fingerprint density at radius 2 is 1.62 bits per heavy atom. The Morgan fingerprint density at radius 3 is 2.25 bits per heavy atom. The molecule has 2 unspecified atom stereocenters. The van der Waals surface area contributed by atoms with Crippen molar-refractivity contribution < 1.29 is 0 Å². The van der Waals surface area contributed by atoms with Gasteiger partial charge in [-0.1, -0.05) is 13.3 Å². The van der Waals surface area contributed by atoms with Crippen molar-refractivity contribution in [1.29, 1.82) is 0 Å². The first kappa shape index (κ1) is 12.3. The Morgan fingerprint density at radius 1 is 1.00 bits per heavy atom. The number of likely N-dealkylation sites (N-methyl/N-ethyl adjacent to an activating group) is 1. The van der Waals surface area contributed by atoms with Gasteiger partial charge in [0.2, 0.25) is 0 Å². The molecule has 0 aromatic rings. The van der Waals surface area contributed by atoms with Crippen LogP contribution in [-0.4, -0.2) is 55.6 Å². The van der Waals surface area contributed by atoms with Crippen LogP contribution in [0.1, 0.15) is 26.2 Å². The summed E-state index contributed by atoms with van der Waals surface area (Å²) >= 11 is 0. The first-order chi connectivity index (χ1) is 7.83. The number of nitrogens with zero attached hydrogens (tertiary/aromatic N) is 2. The molecule has 1 aliphatic heterocycles. The lowest BCUT2D eigenvalue weighted by Gasteiger charge is -2.36. The highest BCUT2D eigenvalue weighted by Crippen LogP contribution is 2.31. The number of hydrogen-bond acceptors (Lipinski definition) is 3. The Kier molecular flexibility index (Phi) is 4.62. The van der Waals surface area contributed by atoms with Gasteiger partial charge in [-0.15, -0.1) is 0 Å². The number of hydrogen-bond donors (Lipinski definition) is 1. The van der Waals surface area contributed by atoms with Crippen molar-refractivity contribution >= 4 is 0 Å². The van der Waals surface area contributed by atoms with E-state index in [1.165, 1.54) is 58.5 Å². The fourth-order valence-corrected chi connectivity index (χ4v) is 3.28. The van der Waals surface area contributed by atoms with Crippen molar-refractivity contribution in [3.63, 3.8) is 0 Å². The second kappa shape index (κ2) is 5.99. The maximum Gasteiger partial charge on any atom is 0.0110 e. The van der Waals surface area contributed by atoms with Crippen molar-refractivity contribution in [2.45, 2.75) is 26.2 Å². The lowest BCUT2D eigenvalue weighted by atomic mass is 9.95. The zero-order chi connectivity index (χ0) is 11.4. The van der Waals surface area contributed by atoms with Crippen LogP contribution in [0, 0.1) is 11.8 Å². The van der Waals surface area contributed by atoms with Crippen molar-refractivity contribution in [2.75, 3.05) is 45.8 Å². The molecule has 2 N–H and O–H groups in total. The van der Waals surface area contributed by atoms with Crippen LogP contribution >= 0.6 is 0 Å². The summed E-state index contributed by atoms with van der Waals surface area (Å²) in [6.07, 6.45) is 4.19. The molecule has 0 bridgehead atoms. The highest BCUT2D eigenvalue weighted by Gasteiger charge is 2.28. The van der Waals surface area contributed by atoms with Crippen LogP contribution in [0.2, 0.25) is 0 Å². The third-order valence-electron chi connectivity index (χ3n) is 4.52. The molecule has 2 atom stereocenters. The monoisotopic (exact) mass is 225 g/mol. The smallest absolute Gasteiger partial charge is 0.0110 e. The zero-order valence-corrected chi connectivity index (χ0v) is 10.7. The summed E-state index contributed by atoms with van der Waals surface area (Å²) in [6, 6.07) is 0. The third kappa shape index (κ3) is 2.96. The van der Waals surface area contributed by atoms with Gasteiger partial charge in [0.1, 0.15) is 0 Å². The maximum atomic E-state index is 5.85. The second-order valence-electron chi connectivity index (χ2n) is 5.42. The van der Waals surface area contributed by atoms with Crippen molar-refractivity contribution in [2.24, 2.45) is 17.6 Å². The van der Waals surface area contributed by atoms with E-state index in [2.05, 4.69) is 16.7 Å². The Hall–Kier alpha value is -0.120. The van der Waals surface area contributed by atoms with E-state index >= 15 is 0 Å². The number of nitrogens with two attached hydrogens (primary N) is 1. The van der Waals surface area contributed by atoms with Crippen molar-refractivity contribution in [3.8, 4) is 0 Å². The van der Waals surface area contributed by atoms with Crippen molar-refractivity contribution in [1.82, 2.24) is 9.80 Å². The quantitative estimate of drug-likeness (QED) is 0.775. The molecule has 1 saturated carbocycles. The molecule has 2 fully saturated rings. The lowest BCUT2D eigenvalue weighted by molar-refractivity contribution is 0.114. The largest absolute Gasteiger partial charge is 0.330 e. The molecular formula is C13H27N3. The first-order valence-electron chi connectivity index (χ1n) is 6.98. The van der Waals surface area contributed by atoms with Gasteiger partial charge in [0.15, 0.2) is 0 Å². The van der Waals surface area contributed by atoms with Gasteiger partial charge >= 0.3 is 0 Å². The van der Waals surface area contributed by atoms with Crippen LogP contribution in [0.5, 0.6) is 0 Å². The SMILES string of the molecule is CCN1CCN(CC2CCCC2CN)CC1. The molecule has 1 aliphatic carbocycles. The Bertz CT molecular complexity index is 199. The normalized spacial score (nSPS) is 33.4. The number of rotatable bonds is 4. The minimum absolute atomic E-state index is 0.809.